The molecule has 0 aromatic rings. The van der Waals surface area contributed by atoms with Gasteiger partial charge in [0.15, 0.2) is 0 Å². The number of allylic oxidation sites excluding steroid dienone is 2. The van der Waals surface area contributed by atoms with E-state index in [4.69, 9.17) is 5.11 Å². The first kappa shape index (κ1) is 9.99. The molecule has 0 aliphatic carbocycles. The molecule has 1 fully saturated rings. The molecule has 1 aliphatic rings. The number of hydrogen-bond acceptors (Lipinski definition) is 2. The zero-order chi connectivity index (χ0) is 9.84. The third-order valence-electron chi connectivity index (χ3n) is 2.25. The van der Waals surface area contributed by atoms with Crippen molar-refractivity contribution < 1.29 is 9.90 Å². The molecule has 3 heteroatoms. The molecular weight excluding hydrogens is 166 g/mol. The molecule has 1 unspecified atom stereocenters. The van der Waals surface area contributed by atoms with E-state index < -0.39 is 0 Å². The lowest BCUT2D eigenvalue weighted by Gasteiger charge is -2.08. The standard InChI is InChI=1S/C10H15NO2/c1-3-7-8(4-2)10(13)11-9(7)5-6-12/h3-4,9,12H,5-6H2,1-2H3,(H,11,13)/b7-3+,8-4+. The molecule has 1 amide bonds. The van der Waals surface area contributed by atoms with Gasteiger partial charge < -0.3 is 10.4 Å². The lowest BCUT2D eigenvalue weighted by Crippen LogP contribution is -2.26. The van der Waals surface area contributed by atoms with E-state index in [1.807, 2.05) is 26.0 Å². The zero-order valence-electron chi connectivity index (χ0n) is 8.00. The molecule has 1 atom stereocenters. The van der Waals surface area contributed by atoms with Crippen LogP contribution in [0.1, 0.15) is 20.3 Å². The number of rotatable bonds is 2. The molecule has 1 saturated heterocycles. The summed E-state index contributed by atoms with van der Waals surface area (Å²) in [6, 6.07) is -0.00583. The van der Waals surface area contributed by atoms with E-state index in [0.717, 1.165) is 11.1 Å². The Hall–Kier alpha value is -1.09. The second-order valence-corrected chi connectivity index (χ2v) is 2.98. The summed E-state index contributed by atoms with van der Waals surface area (Å²) >= 11 is 0. The molecule has 3 nitrogen and oxygen atoms in total. The second kappa shape index (κ2) is 4.23. The first-order valence-electron chi connectivity index (χ1n) is 4.49. The first-order chi connectivity index (χ1) is 6.24. The minimum absolute atomic E-state index is 0.00583. The van der Waals surface area contributed by atoms with E-state index in [0.29, 0.717) is 6.42 Å². The highest BCUT2D eigenvalue weighted by Crippen LogP contribution is 2.23. The predicted octanol–water partition coefficient (Wildman–Crippen LogP) is 0.760. The molecular formula is C10H15NO2. The fraction of sp³-hybridized carbons (Fsp3) is 0.500. The van der Waals surface area contributed by atoms with Crippen LogP contribution in [0.2, 0.25) is 0 Å². The number of hydrogen-bond donors (Lipinski definition) is 2. The Bertz CT molecular complexity index is 266. The molecule has 2 N–H and O–H groups in total. The van der Waals surface area contributed by atoms with Crippen LogP contribution in [0.3, 0.4) is 0 Å². The average Bonchev–Trinajstić information content (AvgIpc) is 2.41. The van der Waals surface area contributed by atoms with Crippen LogP contribution in [0.25, 0.3) is 0 Å². The SMILES string of the molecule is C/C=C1/C(=O)NC(CCO)/C1=C/C. The van der Waals surface area contributed by atoms with Gasteiger partial charge in [0.05, 0.1) is 6.04 Å². The van der Waals surface area contributed by atoms with Crippen molar-refractivity contribution in [2.75, 3.05) is 6.61 Å². The molecule has 1 heterocycles. The molecule has 0 saturated carbocycles. The van der Waals surface area contributed by atoms with Gasteiger partial charge in [-0.3, -0.25) is 4.79 Å². The topological polar surface area (TPSA) is 49.3 Å². The van der Waals surface area contributed by atoms with Crippen molar-refractivity contribution in [3.8, 4) is 0 Å². The minimum Gasteiger partial charge on any atom is -0.396 e. The van der Waals surface area contributed by atoms with Gasteiger partial charge in [-0.25, -0.2) is 0 Å². The van der Waals surface area contributed by atoms with Gasteiger partial charge in [-0.2, -0.15) is 0 Å². The Morgan fingerprint density at radius 3 is 2.62 bits per heavy atom. The lowest BCUT2D eigenvalue weighted by atomic mass is 10.0. The zero-order valence-corrected chi connectivity index (χ0v) is 8.00. The van der Waals surface area contributed by atoms with E-state index in [-0.39, 0.29) is 18.6 Å². The lowest BCUT2D eigenvalue weighted by molar-refractivity contribution is -0.116. The summed E-state index contributed by atoms with van der Waals surface area (Å²) in [6.45, 7) is 3.85. The van der Waals surface area contributed by atoms with E-state index in [1.165, 1.54) is 0 Å². The maximum atomic E-state index is 11.4. The van der Waals surface area contributed by atoms with Crippen LogP contribution in [-0.4, -0.2) is 23.7 Å². The molecule has 1 rings (SSSR count). The molecule has 0 aromatic heterocycles. The quantitative estimate of drug-likeness (QED) is 0.618. The predicted molar refractivity (Wildman–Crippen MR) is 51.1 cm³/mol. The van der Waals surface area contributed by atoms with Crippen LogP contribution in [0.5, 0.6) is 0 Å². The van der Waals surface area contributed by atoms with E-state index >= 15 is 0 Å². The number of aliphatic hydroxyl groups is 1. The van der Waals surface area contributed by atoms with Crippen LogP contribution >= 0.6 is 0 Å². The van der Waals surface area contributed by atoms with Gasteiger partial charge in [-0.1, -0.05) is 12.2 Å². The highest BCUT2D eigenvalue weighted by molar-refractivity contribution is 6.01. The maximum Gasteiger partial charge on any atom is 0.251 e. The molecule has 0 aromatic carbocycles. The van der Waals surface area contributed by atoms with Crippen LogP contribution in [0, 0.1) is 0 Å². The van der Waals surface area contributed by atoms with Gasteiger partial charge in [0, 0.05) is 12.2 Å². The summed E-state index contributed by atoms with van der Waals surface area (Å²) < 4.78 is 0. The van der Waals surface area contributed by atoms with Crippen molar-refractivity contribution in [1.82, 2.24) is 5.32 Å². The third-order valence-corrected chi connectivity index (χ3v) is 2.25. The van der Waals surface area contributed by atoms with Crippen molar-refractivity contribution in [3.05, 3.63) is 23.3 Å². The molecule has 1 aliphatic heterocycles. The third kappa shape index (κ3) is 1.80. The summed E-state index contributed by atoms with van der Waals surface area (Å²) in [5.74, 6) is -0.0333. The van der Waals surface area contributed by atoms with Crippen molar-refractivity contribution in [2.45, 2.75) is 26.3 Å². The Kier molecular flexibility index (Phi) is 3.25. The summed E-state index contributed by atoms with van der Waals surface area (Å²) in [5.41, 5.74) is 1.74. The maximum absolute atomic E-state index is 11.4. The van der Waals surface area contributed by atoms with Gasteiger partial charge >= 0.3 is 0 Å². The summed E-state index contributed by atoms with van der Waals surface area (Å²) in [5, 5.41) is 11.6. The summed E-state index contributed by atoms with van der Waals surface area (Å²) in [4.78, 5) is 11.4. The first-order valence-corrected chi connectivity index (χ1v) is 4.49. The Morgan fingerprint density at radius 1 is 1.46 bits per heavy atom. The smallest absolute Gasteiger partial charge is 0.251 e. The van der Waals surface area contributed by atoms with Gasteiger partial charge in [0.2, 0.25) is 0 Å². The summed E-state index contributed by atoms with van der Waals surface area (Å²) in [7, 11) is 0. The Balaban J connectivity index is 2.89. The number of amides is 1. The monoisotopic (exact) mass is 181 g/mol. The van der Waals surface area contributed by atoms with Crippen LogP contribution in [0.15, 0.2) is 23.3 Å². The van der Waals surface area contributed by atoms with Crippen LogP contribution < -0.4 is 5.32 Å². The fourth-order valence-electron chi connectivity index (χ4n) is 1.64. The molecule has 0 spiro atoms. The van der Waals surface area contributed by atoms with Gasteiger partial charge in [0.25, 0.3) is 5.91 Å². The van der Waals surface area contributed by atoms with Crippen molar-refractivity contribution in [1.29, 1.82) is 0 Å². The van der Waals surface area contributed by atoms with Gasteiger partial charge in [-0.15, -0.1) is 0 Å². The molecule has 0 bridgehead atoms. The normalized spacial score (nSPS) is 28.5. The second-order valence-electron chi connectivity index (χ2n) is 2.98. The highest BCUT2D eigenvalue weighted by atomic mass is 16.3. The average molecular weight is 181 g/mol. The fourth-order valence-corrected chi connectivity index (χ4v) is 1.64. The van der Waals surface area contributed by atoms with E-state index in [2.05, 4.69) is 5.32 Å². The highest BCUT2D eigenvalue weighted by Gasteiger charge is 2.29. The molecule has 0 radical (unpaired) electrons. The number of aliphatic hydroxyl groups excluding tert-OH is 1. The minimum atomic E-state index is -0.0333. The van der Waals surface area contributed by atoms with Crippen LogP contribution in [-0.2, 0) is 4.79 Å². The number of carbonyl (C=O) groups excluding carboxylic acids is 1. The van der Waals surface area contributed by atoms with Gasteiger partial charge in [0.1, 0.15) is 0 Å². The van der Waals surface area contributed by atoms with E-state index in [1.54, 1.807) is 0 Å². The Labute approximate surface area is 78.1 Å². The van der Waals surface area contributed by atoms with Crippen LogP contribution in [0.4, 0.5) is 0 Å². The molecule has 13 heavy (non-hydrogen) atoms. The number of carbonyl (C=O) groups is 1. The largest absolute Gasteiger partial charge is 0.396 e. The van der Waals surface area contributed by atoms with Crippen molar-refractivity contribution in [3.63, 3.8) is 0 Å². The Morgan fingerprint density at radius 2 is 2.15 bits per heavy atom. The van der Waals surface area contributed by atoms with Gasteiger partial charge in [-0.05, 0) is 25.8 Å². The number of nitrogens with one attached hydrogen (secondary N) is 1. The van der Waals surface area contributed by atoms with Crippen molar-refractivity contribution in [2.24, 2.45) is 0 Å². The van der Waals surface area contributed by atoms with Crippen molar-refractivity contribution >= 4 is 5.91 Å². The van der Waals surface area contributed by atoms with E-state index in [9.17, 15) is 4.79 Å². The molecule has 72 valence electrons. The summed E-state index contributed by atoms with van der Waals surface area (Å²) in [6.07, 6.45) is 4.32.